The van der Waals surface area contributed by atoms with Crippen molar-refractivity contribution in [3.63, 3.8) is 0 Å². The molecule has 2 heterocycles. The van der Waals surface area contributed by atoms with E-state index in [1.54, 1.807) is 52.7 Å². The minimum atomic E-state index is -0.424. The molecule has 1 saturated heterocycles. The molecule has 172 valence electrons. The maximum absolute atomic E-state index is 12.3. The van der Waals surface area contributed by atoms with Gasteiger partial charge in [0, 0.05) is 28.4 Å². The highest BCUT2D eigenvalue weighted by Gasteiger charge is 2.46. The molecule has 0 bridgehead atoms. The summed E-state index contributed by atoms with van der Waals surface area (Å²) in [6, 6.07) is 6.70. The number of nitrogens with zero attached hydrogens (tertiary/aromatic N) is 1. The molecular weight excluding hydrogens is 406 g/mol. The predicted octanol–water partition coefficient (Wildman–Crippen LogP) is 1.84. The van der Waals surface area contributed by atoms with E-state index in [1.807, 2.05) is 0 Å². The van der Waals surface area contributed by atoms with E-state index in [1.165, 1.54) is 0 Å². The first-order valence-electron chi connectivity index (χ1n) is 10.4. The van der Waals surface area contributed by atoms with Gasteiger partial charge in [-0.3, -0.25) is 14.4 Å². The lowest BCUT2D eigenvalue weighted by molar-refractivity contribution is -0.250. The molecule has 0 radical (unpaired) electrons. The second kappa shape index (κ2) is 11.1. The molecule has 5 atom stereocenters. The monoisotopic (exact) mass is 437 g/mol. The van der Waals surface area contributed by atoms with Crippen LogP contribution in [0.3, 0.4) is 0 Å². The van der Waals surface area contributed by atoms with Gasteiger partial charge in [0.05, 0.1) is 30.4 Å². The number of ether oxygens (including phenoxy) is 5. The normalized spacial score (nSPS) is 28.3. The second-order valence-electron chi connectivity index (χ2n) is 7.55. The SMILES string of the molecule is COC[C@H]1O[C@H](CCCCON2C(=O)c3ccccc3C2=O)[C@@H](OC)[C@@H](OC)[C@@H]1OC. The number of rotatable bonds is 11. The maximum Gasteiger partial charge on any atom is 0.285 e. The molecule has 2 aliphatic heterocycles. The third-order valence-corrected chi connectivity index (χ3v) is 5.74. The summed E-state index contributed by atoms with van der Waals surface area (Å²) < 4.78 is 28.4. The van der Waals surface area contributed by atoms with Gasteiger partial charge in [0.15, 0.2) is 0 Å². The highest BCUT2D eigenvalue weighted by Crippen LogP contribution is 2.30. The topological polar surface area (TPSA) is 92.8 Å². The Labute approximate surface area is 182 Å². The Morgan fingerprint density at radius 3 is 1.97 bits per heavy atom. The number of carbonyl (C=O) groups excluding carboxylic acids is 2. The minimum Gasteiger partial charge on any atom is -0.382 e. The molecule has 9 nitrogen and oxygen atoms in total. The number of hydrogen-bond acceptors (Lipinski definition) is 8. The number of hydrogen-bond donors (Lipinski definition) is 0. The summed E-state index contributed by atoms with van der Waals surface area (Å²) >= 11 is 0. The molecule has 2 aliphatic rings. The van der Waals surface area contributed by atoms with Gasteiger partial charge in [-0.1, -0.05) is 12.1 Å². The largest absolute Gasteiger partial charge is 0.382 e. The molecule has 0 unspecified atom stereocenters. The maximum atomic E-state index is 12.3. The van der Waals surface area contributed by atoms with Gasteiger partial charge in [0.25, 0.3) is 11.8 Å². The third kappa shape index (κ3) is 4.97. The van der Waals surface area contributed by atoms with Gasteiger partial charge in [0.2, 0.25) is 0 Å². The van der Waals surface area contributed by atoms with Crippen LogP contribution in [0, 0.1) is 0 Å². The van der Waals surface area contributed by atoms with Crippen LogP contribution in [0.2, 0.25) is 0 Å². The molecule has 2 amide bonds. The summed E-state index contributed by atoms with van der Waals surface area (Å²) in [5, 5.41) is 0.846. The molecular formula is C22H31NO8. The first kappa shape index (κ1) is 23.8. The molecule has 1 aromatic rings. The summed E-state index contributed by atoms with van der Waals surface area (Å²) in [6.45, 7) is 0.625. The Morgan fingerprint density at radius 2 is 1.42 bits per heavy atom. The summed E-state index contributed by atoms with van der Waals surface area (Å²) in [6.07, 6.45) is 0.727. The van der Waals surface area contributed by atoms with Gasteiger partial charge in [0.1, 0.15) is 24.4 Å². The van der Waals surface area contributed by atoms with Crippen molar-refractivity contribution < 1.29 is 38.1 Å². The van der Waals surface area contributed by atoms with Crippen LogP contribution in [0.1, 0.15) is 40.0 Å². The Balaban J connectivity index is 1.50. The quantitative estimate of drug-likeness (QED) is 0.383. The summed E-state index contributed by atoms with van der Waals surface area (Å²) in [5.74, 6) is -0.849. The summed E-state index contributed by atoms with van der Waals surface area (Å²) in [4.78, 5) is 30.2. The summed E-state index contributed by atoms with van der Waals surface area (Å²) in [5.41, 5.74) is 0.738. The summed E-state index contributed by atoms with van der Waals surface area (Å²) in [7, 11) is 6.49. The van der Waals surface area contributed by atoms with Gasteiger partial charge < -0.3 is 23.7 Å². The minimum absolute atomic E-state index is 0.208. The molecule has 1 aromatic carbocycles. The zero-order chi connectivity index (χ0) is 22.4. The smallest absolute Gasteiger partial charge is 0.285 e. The van der Waals surface area contributed by atoms with Crippen molar-refractivity contribution in [3.8, 4) is 0 Å². The zero-order valence-corrected chi connectivity index (χ0v) is 18.4. The fraction of sp³-hybridized carbons (Fsp3) is 0.636. The van der Waals surface area contributed by atoms with Crippen molar-refractivity contribution in [2.75, 3.05) is 41.7 Å². The van der Waals surface area contributed by atoms with E-state index in [4.69, 9.17) is 28.5 Å². The van der Waals surface area contributed by atoms with E-state index < -0.39 is 11.8 Å². The Morgan fingerprint density at radius 1 is 0.839 bits per heavy atom. The van der Waals surface area contributed by atoms with E-state index >= 15 is 0 Å². The standard InChI is InChI=1S/C22H31NO8/c1-26-13-17-19(28-3)20(29-4)18(27-2)16(31-17)11-7-8-12-30-23-21(24)14-9-5-6-10-15(14)22(23)25/h5-6,9-10,16-20H,7-8,11-13H2,1-4H3/t16-,17-,18-,19-,20-/m1/s1. The van der Waals surface area contributed by atoms with Crippen molar-refractivity contribution in [1.29, 1.82) is 0 Å². The van der Waals surface area contributed by atoms with Gasteiger partial charge in [-0.15, -0.1) is 5.06 Å². The second-order valence-corrected chi connectivity index (χ2v) is 7.55. The number of fused-ring (bicyclic) bond motifs is 1. The van der Waals surface area contributed by atoms with Crippen LogP contribution in [-0.2, 0) is 28.5 Å². The molecule has 31 heavy (non-hydrogen) atoms. The highest BCUT2D eigenvalue weighted by atomic mass is 16.7. The van der Waals surface area contributed by atoms with Crippen molar-refractivity contribution in [2.24, 2.45) is 0 Å². The van der Waals surface area contributed by atoms with Gasteiger partial charge >= 0.3 is 0 Å². The van der Waals surface area contributed by atoms with E-state index in [0.29, 0.717) is 30.6 Å². The Kier molecular flexibility index (Phi) is 8.53. The molecule has 0 aliphatic carbocycles. The zero-order valence-electron chi connectivity index (χ0n) is 18.4. The van der Waals surface area contributed by atoms with Crippen molar-refractivity contribution in [3.05, 3.63) is 35.4 Å². The molecule has 0 spiro atoms. The van der Waals surface area contributed by atoms with Crippen LogP contribution >= 0.6 is 0 Å². The Hall–Kier alpha value is -1.88. The van der Waals surface area contributed by atoms with E-state index in [9.17, 15) is 9.59 Å². The number of methoxy groups -OCH3 is 4. The molecule has 0 saturated carbocycles. The van der Waals surface area contributed by atoms with Crippen LogP contribution in [0.5, 0.6) is 0 Å². The van der Waals surface area contributed by atoms with Gasteiger partial charge in [-0.2, -0.15) is 0 Å². The predicted molar refractivity (Wildman–Crippen MR) is 110 cm³/mol. The highest BCUT2D eigenvalue weighted by molar-refractivity contribution is 6.20. The number of amides is 2. The molecule has 1 fully saturated rings. The lowest BCUT2D eigenvalue weighted by Crippen LogP contribution is -2.60. The lowest BCUT2D eigenvalue weighted by atomic mass is 9.92. The lowest BCUT2D eigenvalue weighted by Gasteiger charge is -2.45. The van der Waals surface area contributed by atoms with Crippen LogP contribution in [0.25, 0.3) is 0 Å². The fourth-order valence-corrected chi connectivity index (χ4v) is 4.25. The van der Waals surface area contributed by atoms with E-state index in [-0.39, 0.29) is 37.1 Å². The first-order chi connectivity index (χ1) is 15.1. The average Bonchev–Trinajstić information content (AvgIpc) is 3.03. The molecule has 0 aromatic heterocycles. The number of benzene rings is 1. The van der Waals surface area contributed by atoms with Crippen molar-refractivity contribution in [1.82, 2.24) is 5.06 Å². The number of unbranched alkanes of at least 4 members (excludes halogenated alkanes) is 1. The molecule has 9 heteroatoms. The van der Waals surface area contributed by atoms with Crippen LogP contribution in [0.4, 0.5) is 0 Å². The van der Waals surface area contributed by atoms with E-state index in [0.717, 1.165) is 11.5 Å². The average molecular weight is 437 g/mol. The van der Waals surface area contributed by atoms with Crippen LogP contribution in [0.15, 0.2) is 24.3 Å². The van der Waals surface area contributed by atoms with Gasteiger partial charge in [-0.05, 0) is 31.4 Å². The fourth-order valence-electron chi connectivity index (χ4n) is 4.25. The number of hydroxylamine groups is 2. The Bertz CT molecular complexity index is 722. The number of imide groups is 1. The first-order valence-corrected chi connectivity index (χ1v) is 10.4. The molecule has 3 rings (SSSR count). The van der Waals surface area contributed by atoms with Crippen molar-refractivity contribution >= 4 is 11.8 Å². The number of carbonyl (C=O) groups is 2. The van der Waals surface area contributed by atoms with Crippen LogP contribution in [-0.4, -0.2) is 89.1 Å². The van der Waals surface area contributed by atoms with Crippen molar-refractivity contribution in [2.45, 2.75) is 49.8 Å². The van der Waals surface area contributed by atoms with Gasteiger partial charge in [-0.25, -0.2) is 0 Å². The van der Waals surface area contributed by atoms with Crippen LogP contribution < -0.4 is 0 Å². The third-order valence-electron chi connectivity index (χ3n) is 5.74. The molecule has 0 N–H and O–H groups in total. The van der Waals surface area contributed by atoms with E-state index in [2.05, 4.69) is 0 Å².